The van der Waals surface area contributed by atoms with E-state index in [4.69, 9.17) is 11.6 Å². The molecule has 126 valence electrons. The molecule has 0 aliphatic carbocycles. The largest absolute Gasteiger partial charge is 0.324 e. The van der Waals surface area contributed by atoms with Crippen molar-refractivity contribution in [2.75, 3.05) is 10.6 Å². The molecule has 0 unspecified atom stereocenters. The minimum Gasteiger partial charge on any atom is -0.324 e. The maximum absolute atomic E-state index is 12.3. The standard InChI is InChI=1S/C19H17ClN4O/c1-12-6-8-15(9-7-12)23-19-21-10-14(11-22-19)18(25)24-17-5-3-4-16(20)13(17)2/h3-11H,1-2H3,(H,24,25)(H,21,22,23). The number of hydrogen-bond acceptors (Lipinski definition) is 4. The number of nitrogens with zero attached hydrogens (tertiary/aromatic N) is 2. The summed E-state index contributed by atoms with van der Waals surface area (Å²) in [7, 11) is 0. The summed E-state index contributed by atoms with van der Waals surface area (Å²) in [5.74, 6) is 0.145. The summed E-state index contributed by atoms with van der Waals surface area (Å²) in [6.07, 6.45) is 2.97. The Labute approximate surface area is 151 Å². The summed E-state index contributed by atoms with van der Waals surface area (Å²) >= 11 is 6.07. The van der Waals surface area contributed by atoms with Crippen molar-refractivity contribution < 1.29 is 4.79 Å². The molecular weight excluding hydrogens is 336 g/mol. The van der Waals surface area contributed by atoms with Crippen LogP contribution in [-0.4, -0.2) is 15.9 Å². The molecule has 2 N–H and O–H groups in total. The Bertz CT molecular complexity index is 892. The first kappa shape index (κ1) is 16.9. The number of rotatable bonds is 4. The highest BCUT2D eigenvalue weighted by atomic mass is 35.5. The van der Waals surface area contributed by atoms with E-state index in [1.54, 1.807) is 18.2 Å². The lowest BCUT2D eigenvalue weighted by Gasteiger charge is -2.09. The van der Waals surface area contributed by atoms with Gasteiger partial charge >= 0.3 is 0 Å². The van der Waals surface area contributed by atoms with E-state index in [0.717, 1.165) is 11.3 Å². The van der Waals surface area contributed by atoms with Gasteiger partial charge in [-0.05, 0) is 43.7 Å². The van der Waals surface area contributed by atoms with E-state index in [2.05, 4.69) is 20.6 Å². The highest BCUT2D eigenvalue weighted by Crippen LogP contribution is 2.23. The zero-order valence-electron chi connectivity index (χ0n) is 13.9. The summed E-state index contributed by atoms with van der Waals surface area (Å²) in [5.41, 5.74) is 3.91. The lowest BCUT2D eigenvalue weighted by Crippen LogP contribution is -2.14. The van der Waals surface area contributed by atoms with E-state index in [0.29, 0.717) is 22.2 Å². The molecule has 0 spiro atoms. The molecule has 3 rings (SSSR count). The quantitative estimate of drug-likeness (QED) is 0.711. The van der Waals surface area contributed by atoms with Crippen LogP contribution >= 0.6 is 11.6 Å². The molecule has 0 saturated carbocycles. The Hall–Kier alpha value is -2.92. The van der Waals surface area contributed by atoms with Crippen LogP contribution in [-0.2, 0) is 0 Å². The Morgan fingerprint density at radius 1 is 1.00 bits per heavy atom. The highest BCUT2D eigenvalue weighted by molar-refractivity contribution is 6.31. The van der Waals surface area contributed by atoms with Crippen LogP contribution in [0.2, 0.25) is 5.02 Å². The van der Waals surface area contributed by atoms with Crippen LogP contribution in [0, 0.1) is 13.8 Å². The van der Waals surface area contributed by atoms with Crippen molar-refractivity contribution in [1.82, 2.24) is 9.97 Å². The van der Waals surface area contributed by atoms with Crippen molar-refractivity contribution in [3.8, 4) is 0 Å². The molecule has 5 nitrogen and oxygen atoms in total. The molecule has 1 aromatic heterocycles. The zero-order valence-corrected chi connectivity index (χ0v) is 14.6. The van der Waals surface area contributed by atoms with E-state index in [9.17, 15) is 4.79 Å². The molecule has 1 heterocycles. The zero-order chi connectivity index (χ0) is 17.8. The average Bonchev–Trinajstić information content (AvgIpc) is 2.61. The van der Waals surface area contributed by atoms with Gasteiger partial charge in [-0.25, -0.2) is 9.97 Å². The summed E-state index contributed by atoms with van der Waals surface area (Å²) in [4.78, 5) is 20.7. The molecule has 0 fully saturated rings. The molecule has 0 atom stereocenters. The number of carbonyl (C=O) groups excluding carboxylic acids is 1. The average molecular weight is 353 g/mol. The van der Waals surface area contributed by atoms with Crippen molar-refractivity contribution in [3.63, 3.8) is 0 Å². The Kier molecular flexibility index (Phi) is 4.95. The molecule has 0 aliphatic heterocycles. The SMILES string of the molecule is Cc1ccc(Nc2ncc(C(=O)Nc3cccc(Cl)c3C)cn2)cc1. The van der Waals surface area contributed by atoms with Crippen molar-refractivity contribution in [3.05, 3.63) is 76.6 Å². The first-order chi connectivity index (χ1) is 12.0. The molecule has 25 heavy (non-hydrogen) atoms. The normalized spacial score (nSPS) is 10.4. The van der Waals surface area contributed by atoms with Crippen LogP contribution < -0.4 is 10.6 Å². The number of amides is 1. The van der Waals surface area contributed by atoms with Crippen molar-refractivity contribution in [2.45, 2.75) is 13.8 Å². The van der Waals surface area contributed by atoms with Gasteiger partial charge in [-0.3, -0.25) is 4.79 Å². The molecule has 0 aliphatic rings. The maximum atomic E-state index is 12.3. The third-order valence-electron chi connectivity index (χ3n) is 3.74. The van der Waals surface area contributed by atoms with Crippen LogP contribution in [0.4, 0.5) is 17.3 Å². The van der Waals surface area contributed by atoms with Gasteiger partial charge in [-0.2, -0.15) is 0 Å². The van der Waals surface area contributed by atoms with Crippen LogP contribution in [0.15, 0.2) is 54.9 Å². The summed E-state index contributed by atoms with van der Waals surface area (Å²) in [6.45, 7) is 3.87. The van der Waals surface area contributed by atoms with Crippen LogP contribution in [0.3, 0.4) is 0 Å². The summed E-state index contributed by atoms with van der Waals surface area (Å²) < 4.78 is 0. The van der Waals surface area contributed by atoms with E-state index in [1.165, 1.54) is 18.0 Å². The molecule has 3 aromatic rings. The van der Waals surface area contributed by atoms with Crippen molar-refractivity contribution in [1.29, 1.82) is 0 Å². The number of carbonyl (C=O) groups is 1. The van der Waals surface area contributed by atoms with Gasteiger partial charge in [0.2, 0.25) is 5.95 Å². The van der Waals surface area contributed by atoms with Gasteiger partial charge in [0.1, 0.15) is 0 Å². The second-order valence-electron chi connectivity index (χ2n) is 5.65. The number of anilines is 3. The van der Waals surface area contributed by atoms with E-state index in [1.807, 2.05) is 38.1 Å². The lowest BCUT2D eigenvalue weighted by molar-refractivity contribution is 0.102. The van der Waals surface area contributed by atoms with Gasteiger partial charge in [0.05, 0.1) is 5.56 Å². The fourth-order valence-electron chi connectivity index (χ4n) is 2.21. The van der Waals surface area contributed by atoms with Gasteiger partial charge in [0, 0.05) is 28.8 Å². The fourth-order valence-corrected chi connectivity index (χ4v) is 2.39. The number of aromatic nitrogens is 2. The minimum atomic E-state index is -0.285. The number of halogens is 1. The van der Waals surface area contributed by atoms with Gasteiger partial charge < -0.3 is 10.6 Å². The molecule has 0 radical (unpaired) electrons. The minimum absolute atomic E-state index is 0.285. The smallest absolute Gasteiger partial charge is 0.258 e. The second-order valence-corrected chi connectivity index (χ2v) is 6.06. The highest BCUT2D eigenvalue weighted by Gasteiger charge is 2.10. The van der Waals surface area contributed by atoms with Crippen LogP contribution in [0.25, 0.3) is 0 Å². The maximum Gasteiger partial charge on any atom is 0.258 e. The van der Waals surface area contributed by atoms with Crippen LogP contribution in [0.1, 0.15) is 21.5 Å². The monoisotopic (exact) mass is 352 g/mol. The molecular formula is C19H17ClN4O. The van der Waals surface area contributed by atoms with Crippen LogP contribution in [0.5, 0.6) is 0 Å². The molecule has 0 saturated heterocycles. The van der Waals surface area contributed by atoms with E-state index < -0.39 is 0 Å². The topological polar surface area (TPSA) is 66.9 Å². The number of aryl methyl sites for hydroxylation is 1. The first-order valence-corrected chi connectivity index (χ1v) is 8.13. The Morgan fingerprint density at radius 3 is 2.36 bits per heavy atom. The fraction of sp³-hybridized carbons (Fsp3) is 0.105. The molecule has 2 aromatic carbocycles. The number of benzene rings is 2. The Morgan fingerprint density at radius 2 is 1.68 bits per heavy atom. The molecule has 6 heteroatoms. The number of nitrogens with one attached hydrogen (secondary N) is 2. The summed E-state index contributed by atoms with van der Waals surface area (Å²) in [6, 6.07) is 13.3. The molecule has 1 amide bonds. The lowest BCUT2D eigenvalue weighted by atomic mass is 10.2. The predicted molar refractivity (Wildman–Crippen MR) is 101 cm³/mol. The summed E-state index contributed by atoms with van der Waals surface area (Å²) in [5, 5.41) is 6.51. The third-order valence-corrected chi connectivity index (χ3v) is 4.15. The van der Waals surface area contributed by atoms with Gasteiger partial charge in [0.15, 0.2) is 0 Å². The van der Waals surface area contributed by atoms with Gasteiger partial charge in [-0.1, -0.05) is 35.4 Å². The van der Waals surface area contributed by atoms with Crippen molar-refractivity contribution >= 4 is 34.8 Å². The Balaban J connectivity index is 1.70. The van der Waals surface area contributed by atoms with E-state index in [-0.39, 0.29) is 5.91 Å². The third kappa shape index (κ3) is 4.14. The van der Waals surface area contributed by atoms with Gasteiger partial charge in [0.25, 0.3) is 5.91 Å². The van der Waals surface area contributed by atoms with Crippen molar-refractivity contribution in [2.24, 2.45) is 0 Å². The predicted octanol–water partition coefficient (Wildman–Crippen LogP) is 4.74. The number of hydrogen-bond donors (Lipinski definition) is 2. The van der Waals surface area contributed by atoms with E-state index >= 15 is 0 Å². The first-order valence-electron chi connectivity index (χ1n) is 7.75. The van der Waals surface area contributed by atoms with Gasteiger partial charge in [-0.15, -0.1) is 0 Å². The molecule has 0 bridgehead atoms. The second kappa shape index (κ2) is 7.32.